The average Bonchev–Trinajstić information content (AvgIpc) is 3.08. The highest BCUT2D eigenvalue weighted by Crippen LogP contribution is 2.58. The Bertz CT molecular complexity index is 945. The quantitative estimate of drug-likeness (QED) is 0.650. The summed E-state index contributed by atoms with van der Waals surface area (Å²) in [6.45, 7) is 4.33. The van der Waals surface area contributed by atoms with Gasteiger partial charge in [0.15, 0.2) is 0 Å². The summed E-state index contributed by atoms with van der Waals surface area (Å²) in [7, 11) is 0. The van der Waals surface area contributed by atoms with Gasteiger partial charge in [-0.25, -0.2) is 0 Å². The van der Waals surface area contributed by atoms with Crippen LogP contribution in [0, 0.1) is 13.8 Å². The maximum Gasteiger partial charge on any atom is 0.115 e. The molecule has 0 amide bonds. The lowest BCUT2D eigenvalue weighted by atomic mass is 9.79. The molecule has 0 saturated carbocycles. The SMILES string of the molecule is Cc1ccc2c(c1)C1Nc3ccc(C)cc3C1(c1ccccc1)N2. The van der Waals surface area contributed by atoms with Gasteiger partial charge < -0.3 is 10.6 Å². The van der Waals surface area contributed by atoms with Crippen molar-refractivity contribution in [1.82, 2.24) is 0 Å². The Morgan fingerprint density at radius 1 is 0.792 bits per heavy atom. The minimum Gasteiger partial charge on any atom is -0.375 e. The zero-order chi connectivity index (χ0) is 16.3. The molecule has 3 aromatic rings. The highest BCUT2D eigenvalue weighted by molar-refractivity contribution is 5.78. The van der Waals surface area contributed by atoms with Crippen LogP contribution >= 0.6 is 0 Å². The molecule has 118 valence electrons. The zero-order valence-electron chi connectivity index (χ0n) is 13.9. The molecule has 0 bridgehead atoms. The molecule has 0 saturated heterocycles. The van der Waals surface area contributed by atoms with Gasteiger partial charge in [-0.3, -0.25) is 0 Å². The Hall–Kier alpha value is -2.74. The number of hydrogen-bond donors (Lipinski definition) is 2. The second-order valence-corrected chi connectivity index (χ2v) is 7.02. The first-order chi connectivity index (χ1) is 11.7. The summed E-state index contributed by atoms with van der Waals surface area (Å²) in [6, 6.07) is 24.4. The number of fused-ring (bicyclic) bond motifs is 5. The molecule has 0 fully saturated rings. The standard InChI is InChI=1S/C22H20N2/c1-14-8-10-19-17(12-14)21-22(24-19,16-6-4-3-5-7-16)18-13-15(2)9-11-20(18)23-21/h3-13,21,23-24H,1-2H3. The van der Waals surface area contributed by atoms with Crippen LogP contribution in [-0.2, 0) is 5.54 Å². The third-order valence-corrected chi connectivity index (χ3v) is 5.41. The van der Waals surface area contributed by atoms with Crippen molar-refractivity contribution >= 4 is 11.4 Å². The highest BCUT2D eigenvalue weighted by atomic mass is 15.2. The molecule has 2 unspecified atom stereocenters. The van der Waals surface area contributed by atoms with Crippen molar-refractivity contribution in [2.24, 2.45) is 0 Å². The van der Waals surface area contributed by atoms with Crippen LogP contribution in [0.4, 0.5) is 11.4 Å². The number of rotatable bonds is 1. The van der Waals surface area contributed by atoms with E-state index in [2.05, 4.69) is 91.2 Å². The van der Waals surface area contributed by atoms with Gasteiger partial charge in [0.05, 0.1) is 6.04 Å². The summed E-state index contributed by atoms with van der Waals surface area (Å²) in [5, 5.41) is 7.66. The van der Waals surface area contributed by atoms with Crippen LogP contribution in [0.5, 0.6) is 0 Å². The van der Waals surface area contributed by atoms with Gasteiger partial charge in [-0.1, -0.05) is 65.7 Å². The van der Waals surface area contributed by atoms with E-state index in [0.29, 0.717) is 0 Å². The molecule has 5 rings (SSSR count). The Balaban J connectivity index is 1.81. The Kier molecular flexibility index (Phi) is 2.64. The maximum absolute atomic E-state index is 3.87. The van der Waals surface area contributed by atoms with Crippen LogP contribution in [0.1, 0.15) is 33.9 Å². The van der Waals surface area contributed by atoms with Crippen molar-refractivity contribution in [1.29, 1.82) is 0 Å². The summed E-state index contributed by atoms with van der Waals surface area (Å²) in [5.41, 5.74) is 8.82. The van der Waals surface area contributed by atoms with E-state index in [1.165, 1.54) is 39.2 Å². The zero-order valence-corrected chi connectivity index (χ0v) is 13.9. The fraction of sp³-hybridized carbons (Fsp3) is 0.182. The normalized spacial score (nSPS) is 23.0. The second kappa shape index (κ2) is 4.64. The van der Waals surface area contributed by atoms with E-state index in [0.717, 1.165) is 0 Å². The molecule has 3 aromatic carbocycles. The van der Waals surface area contributed by atoms with E-state index in [4.69, 9.17) is 0 Å². The summed E-state index contributed by atoms with van der Waals surface area (Å²) in [5.74, 6) is 0. The van der Waals surface area contributed by atoms with E-state index < -0.39 is 0 Å². The lowest BCUT2D eigenvalue weighted by Crippen LogP contribution is -2.36. The van der Waals surface area contributed by atoms with E-state index in [-0.39, 0.29) is 11.6 Å². The van der Waals surface area contributed by atoms with E-state index >= 15 is 0 Å². The smallest absolute Gasteiger partial charge is 0.115 e. The molecule has 2 heterocycles. The first kappa shape index (κ1) is 13.7. The molecule has 2 N–H and O–H groups in total. The third-order valence-electron chi connectivity index (χ3n) is 5.41. The van der Waals surface area contributed by atoms with Crippen molar-refractivity contribution < 1.29 is 0 Å². The molecule has 2 atom stereocenters. The first-order valence-electron chi connectivity index (χ1n) is 8.50. The highest BCUT2D eigenvalue weighted by Gasteiger charge is 2.53. The second-order valence-electron chi connectivity index (χ2n) is 7.02. The van der Waals surface area contributed by atoms with Crippen LogP contribution < -0.4 is 10.6 Å². The van der Waals surface area contributed by atoms with Crippen LogP contribution in [0.25, 0.3) is 0 Å². The lowest BCUT2D eigenvalue weighted by Gasteiger charge is -2.32. The predicted molar refractivity (Wildman–Crippen MR) is 99.6 cm³/mol. The van der Waals surface area contributed by atoms with Crippen molar-refractivity contribution in [2.75, 3.05) is 10.6 Å². The molecule has 2 nitrogen and oxygen atoms in total. The Labute approximate surface area is 142 Å². The Morgan fingerprint density at radius 2 is 1.50 bits per heavy atom. The average molecular weight is 312 g/mol. The van der Waals surface area contributed by atoms with Crippen molar-refractivity contribution in [3.05, 3.63) is 94.5 Å². The summed E-state index contributed by atoms with van der Waals surface area (Å²) in [6.07, 6.45) is 0. The molecule has 2 heteroatoms. The Morgan fingerprint density at radius 3 is 2.29 bits per heavy atom. The van der Waals surface area contributed by atoms with Gasteiger partial charge in [0.25, 0.3) is 0 Å². The number of hydrogen-bond acceptors (Lipinski definition) is 2. The van der Waals surface area contributed by atoms with Gasteiger partial charge in [0.2, 0.25) is 0 Å². The maximum atomic E-state index is 3.87. The van der Waals surface area contributed by atoms with Gasteiger partial charge in [-0.15, -0.1) is 0 Å². The van der Waals surface area contributed by atoms with Crippen LogP contribution in [-0.4, -0.2) is 0 Å². The van der Waals surface area contributed by atoms with E-state index in [1.54, 1.807) is 0 Å². The molecule has 0 spiro atoms. The van der Waals surface area contributed by atoms with Crippen molar-refractivity contribution in [3.8, 4) is 0 Å². The fourth-order valence-electron chi connectivity index (χ4n) is 4.32. The summed E-state index contributed by atoms with van der Waals surface area (Å²) in [4.78, 5) is 0. The van der Waals surface area contributed by atoms with Crippen LogP contribution in [0.3, 0.4) is 0 Å². The largest absolute Gasteiger partial charge is 0.375 e. The van der Waals surface area contributed by atoms with E-state index in [9.17, 15) is 0 Å². The molecule has 24 heavy (non-hydrogen) atoms. The summed E-state index contributed by atoms with van der Waals surface area (Å²) < 4.78 is 0. The van der Waals surface area contributed by atoms with Crippen LogP contribution in [0.2, 0.25) is 0 Å². The monoisotopic (exact) mass is 312 g/mol. The molecule has 2 aliphatic rings. The van der Waals surface area contributed by atoms with Crippen molar-refractivity contribution in [3.63, 3.8) is 0 Å². The molecule has 0 aromatic heterocycles. The van der Waals surface area contributed by atoms with Crippen molar-refractivity contribution in [2.45, 2.75) is 25.4 Å². The van der Waals surface area contributed by atoms with E-state index in [1.807, 2.05) is 0 Å². The van der Waals surface area contributed by atoms with Gasteiger partial charge in [0, 0.05) is 22.5 Å². The lowest BCUT2D eigenvalue weighted by molar-refractivity contribution is 0.562. The van der Waals surface area contributed by atoms with Gasteiger partial charge in [-0.05, 0) is 31.5 Å². The third kappa shape index (κ3) is 1.66. The number of anilines is 2. The van der Waals surface area contributed by atoms with Gasteiger partial charge in [-0.2, -0.15) is 0 Å². The van der Waals surface area contributed by atoms with Gasteiger partial charge >= 0.3 is 0 Å². The minimum absolute atomic E-state index is 0.214. The molecule has 2 aliphatic heterocycles. The summed E-state index contributed by atoms with van der Waals surface area (Å²) >= 11 is 0. The molecule has 0 radical (unpaired) electrons. The first-order valence-corrected chi connectivity index (χ1v) is 8.50. The predicted octanol–water partition coefficient (Wildman–Crippen LogP) is 5.14. The van der Waals surface area contributed by atoms with Gasteiger partial charge in [0.1, 0.15) is 5.54 Å². The fourth-order valence-corrected chi connectivity index (χ4v) is 4.32. The number of nitrogens with one attached hydrogen (secondary N) is 2. The molecule has 0 aliphatic carbocycles. The van der Waals surface area contributed by atoms with Crippen LogP contribution in [0.15, 0.2) is 66.7 Å². The number of benzene rings is 3. The number of aryl methyl sites for hydroxylation is 2. The minimum atomic E-state index is -0.237. The topological polar surface area (TPSA) is 24.1 Å². The molecular formula is C22H20N2. The molecular weight excluding hydrogens is 292 g/mol.